The van der Waals surface area contributed by atoms with Crippen LogP contribution in [0.1, 0.15) is 46.6 Å². The van der Waals surface area contributed by atoms with Crippen molar-refractivity contribution in [2.45, 2.75) is 38.0 Å². The highest BCUT2D eigenvalue weighted by molar-refractivity contribution is 5.68. The molecule has 0 aromatic heterocycles. The molecule has 1 aliphatic carbocycles. The zero-order chi connectivity index (χ0) is 23.4. The molecule has 3 aromatic rings. The molecule has 0 saturated carbocycles. The first kappa shape index (κ1) is 22.6. The molecule has 0 radical (unpaired) electrons. The second-order valence-electron chi connectivity index (χ2n) is 8.37. The summed E-state index contributed by atoms with van der Waals surface area (Å²) >= 11 is 0. The van der Waals surface area contributed by atoms with Gasteiger partial charge in [-0.2, -0.15) is 0 Å². The van der Waals surface area contributed by atoms with Crippen LogP contribution in [0.5, 0.6) is 17.2 Å². The van der Waals surface area contributed by atoms with E-state index in [-0.39, 0.29) is 23.9 Å². The van der Waals surface area contributed by atoms with Gasteiger partial charge in [-0.25, -0.2) is 4.39 Å². The third-order valence-corrected chi connectivity index (χ3v) is 6.15. The van der Waals surface area contributed by atoms with Crippen LogP contribution < -0.4 is 9.47 Å². The number of aliphatic carboxylic acids is 1. The van der Waals surface area contributed by atoms with E-state index in [0.717, 1.165) is 42.6 Å². The third-order valence-electron chi connectivity index (χ3n) is 6.15. The van der Waals surface area contributed by atoms with Crippen LogP contribution in [0.4, 0.5) is 4.39 Å². The zero-order valence-corrected chi connectivity index (χ0v) is 18.5. The van der Waals surface area contributed by atoms with Crippen LogP contribution in [-0.4, -0.2) is 29.9 Å². The van der Waals surface area contributed by atoms with Gasteiger partial charge in [0.25, 0.3) is 0 Å². The molecule has 5 rings (SSSR count). The minimum absolute atomic E-state index is 0.0399. The van der Waals surface area contributed by atoms with Gasteiger partial charge in [0.15, 0.2) is 0 Å². The molecule has 0 amide bonds. The number of ether oxygens (including phenoxy) is 2. The molecule has 172 valence electrons. The third kappa shape index (κ3) is 5.28. The molecule has 33 heavy (non-hydrogen) atoms. The van der Waals surface area contributed by atoms with Crippen molar-refractivity contribution in [3.63, 3.8) is 0 Å². The van der Waals surface area contributed by atoms with Gasteiger partial charge >= 0.3 is 5.97 Å². The predicted molar refractivity (Wildman–Crippen MR) is 123 cm³/mol. The molecule has 1 unspecified atom stereocenters. The molecular weight excluding hydrogens is 423 g/mol. The largest absolute Gasteiger partial charge is 0.508 e. The van der Waals surface area contributed by atoms with Crippen LogP contribution in [0, 0.1) is 5.82 Å². The van der Waals surface area contributed by atoms with E-state index in [1.54, 1.807) is 25.3 Å². The minimum Gasteiger partial charge on any atom is -0.508 e. The lowest BCUT2D eigenvalue weighted by atomic mass is 9.97. The van der Waals surface area contributed by atoms with Gasteiger partial charge in [0.2, 0.25) is 0 Å². The fourth-order valence-electron chi connectivity index (χ4n) is 4.55. The van der Waals surface area contributed by atoms with Crippen molar-refractivity contribution in [1.29, 1.82) is 0 Å². The number of fused-ring (bicyclic) bond motifs is 2. The zero-order valence-electron chi connectivity index (χ0n) is 18.5. The van der Waals surface area contributed by atoms with E-state index in [0.29, 0.717) is 12.4 Å². The van der Waals surface area contributed by atoms with E-state index >= 15 is 0 Å². The summed E-state index contributed by atoms with van der Waals surface area (Å²) in [4.78, 5) is 10.5. The van der Waals surface area contributed by atoms with Crippen molar-refractivity contribution in [2.24, 2.45) is 0 Å². The van der Waals surface area contributed by atoms with Crippen molar-refractivity contribution < 1.29 is 28.9 Å². The van der Waals surface area contributed by atoms with E-state index < -0.39 is 5.97 Å². The summed E-state index contributed by atoms with van der Waals surface area (Å²) in [7, 11) is 1.68. The van der Waals surface area contributed by atoms with Crippen molar-refractivity contribution in [3.8, 4) is 17.2 Å². The van der Waals surface area contributed by atoms with Gasteiger partial charge in [0.1, 0.15) is 23.1 Å². The Morgan fingerprint density at radius 1 is 1.12 bits per heavy atom. The summed E-state index contributed by atoms with van der Waals surface area (Å²) in [5.74, 6) is 0.636. The Kier molecular flexibility index (Phi) is 6.82. The van der Waals surface area contributed by atoms with Crippen molar-refractivity contribution in [1.82, 2.24) is 0 Å². The summed E-state index contributed by atoms with van der Waals surface area (Å²) < 4.78 is 24.2. The molecule has 1 atom stereocenters. The Morgan fingerprint density at radius 3 is 2.73 bits per heavy atom. The number of carboxylic acids is 1. The van der Waals surface area contributed by atoms with Gasteiger partial charge in [0, 0.05) is 17.5 Å². The number of carbonyl (C=O) groups is 1. The van der Waals surface area contributed by atoms with E-state index in [1.807, 2.05) is 24.3 Å². The molecule has 0 spiro atoms. The summed E-state index contributed by atoms with van der Waals surface area (Å²) in [6, 6.07) is 16.4. The second-order valence-corrected chi connectivity index (χ2v) is 8.37. The Balaban J connectivity index is 0.000000165. The molecule has 0 bridgehead atoms. The topological polar surface area (TPSA) is 76.0 Å². The Morgan fingerprint density at radius 2 is 1.94 bits per heavy atom. The number of benzene rings is 3. The monoisotopic (exact) mass is 450 g/mol. The van der Waals surface area contributed by atoms with Gasteiger partial charge in [-0.1, -0.05) is 24.3 Å². The van der Waals surface area contributed by atoms with Crippen molar-refractivity contribution >= 4 is 5.97 Å². The summed E-state index contributed by atoms with van der Waals surface area (Å²) in [5, 5.41) is 17.8. The van der Waals surface area contributed by atoms with Crippen LogP contribution in [0.3, 0.4) is 0 Å². The number of halogens is 1. The van der Waals surface area contributed by atoms with Crippen LogP contribution in [-0.2, 0) is 24.1 Å². The lowest BCUT2D eigenvalue weighted by Crippen LogP contribution is -2.07. The SMILES string of the molecule is COc1cccc(Cc2ccc(F)c3c2CCC3)c1.O=C(O)CC1COc2cc(O)ccc21. The predicted octanol–water partition coefficient (Wildman–Crippen LogP) is 5.26. The molecule has 5 nitrogen and oxygen atoms in total. The minimum atomic E-state index is -0.834. The number of phenols is 1. The molecule has 0 fully saturated rings. The highest BCUT2D eigenvalue weighted by Crippen LogP contribution is 2.37. The Bertz CT molecular complexity index is 1160. The first-order chi connectivity index (χ1) is 15.9. The maximum atomic E-state index is 13.7. The molecule has 6 heteroatoms. The first-order valence-corrected chi connectivity index (χ1v) is 11.0. The number of rotatable bonds is 5. The molecule has 2 N–H and O–H groups in total. The van der Waals surface area contributed by atoms with E-state index in [2.05, 4.69) is 6.07 Å². The second kappa shape index (κ2) is 9.94. The summed E-state index contributed by atoms with van der Waals surface area (Å²) in [6.07, 6.45) is 3.87. The fraction of sp³-hybridized carbons (Fsp3) is 0.296. The van der Waals surface area contributed by atoms with Crippen LogP contribution in [0.25, 0.3) is 0 Å². The standard InChI is InChI=1S/C17H17FO.C10H10O4/c1-19-14-5-2-4-12(11-14)10-13-8-9-17(18)16-7-3-6-15(13)16;11-7-1-2-8-6(3-10(12)13)5-14-9(8)4-7/h2,4-5,8-9,11H,3,6-7,10H2,1H3;1-2,4,6,11H,3,5H2,(H,12,13). The molecule has 1 heterocycles. The fourth-order valence-corrected chi connectivity index (χ4v) is 4.55. The first-order valence-electron chi connectivity index (χ1n) is 11.0. The number of phenolic OH excluding ortho intramolecular Hbond substituents is 1. The number of hydrogen-bond donors (Lipinski definition) is 2. The molecule has 0 saturated heterocycles. The van der Waals surface area contributed by atoms with Gasteiger partial charge in [-0.3, -0.25) is 4.79 Å². The summed E-state index contributed by atoms with van der Waals surface area (Å²) in [5.41, 5.74) is 5.48. The van der Waals surface area contributed by atoms with E-state index in [9.17, 15) is 9.18 Å². The number of aromatic hydroxyl groups is 1. The lowest BCUT2D eigenvalue weighted by Gasteiger charge is -2.10. The number of hydrogen-bond acceptors (Lipinski definition) is 4. The maximum Gasteiger partial charge on any atom is 0.304 e. The number of carboxylic acid groups (broad SMARTS) is 1. The molecule has 1 aliphatic heterocycles. The van der Waals surface area contributed by atoms with Crippen molar-refractivity contribution in [3.05, 3.63) is 88.2 Å². The molecule has 2 aliphatic rings. The smallest absolute Gasteiger partial charge is 0.304 e. The Hall–Kier alpha value is -3.54. The normalized spacial score (nSPS) is 15.6. The summed E-state index contributed by atoms with van der Waals surface area (Å²) in [6.45, 7) is 0.380. The molecule has 3 aromatic carbocycles. The van der Waals surface area contributed by atoms with Crippen molar-refractivity contribution in [2.75, 3.05) is 13.7 Å². The number of methoxy groups -OCH3 is 1. The van der Waals surface area contributed by atoms with Gasteiger partial charge in [-0.05, 0) is 72.2 Å². The van der Waals surface area contributed by atoms with Crippen LogP contribution in [0.2, 0.25) is 0 Å². The van der Waals surface area contributed by atoms with E-state index in [1.165, 1.54) is 22.8 Å². The quantitative estimate of drug-likeness (QED) is 0.555. The van der Waals surface area contributed by atoms with Gasteiger partial charge < -0.3 is 19.7 Å². The lowest BCUT2D eigenvalue weighted by molar-refractivity contribution is -0.137. The average molecular weight is 451 g/mol. The van der Waals surface area contributed by atoms with Crippen LogP contribution in [0.15, 0.2) is 54.6 Å². The maximum absolute atomic E-state index is 13.7. The average Bonchev–Trinajstić information content (AvgIpc) is 3.44. The highest BCUT2D eigenvalue weighted by Gasteiger charge is 2.26. The van der Waals surface area contributed by atoms with Gasteiger partial charge in [0.05, 0.1) is 20.1 Å². The Labute approximate surface area is 192 Å². The van der Waals surface area contributed by atoms with Crippen LogP contribution >= 0.6 is 0 Å². The van der Waals surface area contributed by atoms with Gasteiger partial charge in [-0.15, -0.1) is 0 Å². The highest BCUT2D eigenvalue weighted by atomic mass is 19.1. The van der Waals surface area contributed by atoms with E-state index in [4.69, 9.17) is 19.7 Å². The molecular formula is C27H27FO5.